The van der Waals surface area contributed by atoms with Crippen molar-refractivity contribution in [2.24, 2.45) is 0 Å². The van der Waals surface area contributed by atoms with Gasteiger partial charge in [0, 0.05) is 18.7 Å². The second-order valence-electron chi connectivity index (χ2n) is 3.74. The van der Waals surface area contributed by atoms with Crippen LogP contribution >= 0.6 is 0 Å². The van der Waals surface area contributed by atoms with Gasteiger partial charge < -0.3 is 10.0 Å². The standard InChI is InChI=1S/C13H17NO3/c1-3-14(4-2)13(17)11-7-5-10(6-8-11)9-12(15)16/h5-8H,3-4,9H2,1-2H3,(H,15,16). The fourth-order valence-electron chi connectivity index (χ4n) is 1.63. The van der Waals surface area contributed by atoms with Gasteiger partial charge in [-0.25, -0.2) is 0 Å². The summed E-state index contributed by atoms with van der Waals surface area (Å²) in [5.41, 5.74) is 1.30. The summed E-state index contributed by atoms with van der Waals surface area (Å²) < 4.78 is 0. The molecule has 0 aliphatic heterocycles. The molecular formula is C13H17NO3. The third-order valence-corrected chi connectivity index (χ3v) is 2.61. The Morgan fingerprint density at radius 1 is 1.12 bits per heavy atom. The molecule has 0 saturated heterocycles. The summed E-state index contributed by atoms with van der Waals surface area (Å²) in [5.74, 6) is -0.885. The lowest BCUT2D eigenvalue weighted by molar-refractivity contribution is -0.136. The third-order valence-electron chi connectivity index (χ3n) is 2.61. The van der Waals surface area contributed by atoms with Crippen LogP contribution in [0.4, 0.5) is 0 Å². The first kappa shape index (κ1) is 13.2. The first-order chi connectivity index (χ1) is 8.08. The van der Waals surface area contributed by atoms with Crippen molar-refractivity contribution in [2.75, 3.05) is 13.1 Å². The van der Waals surface area contributed by atoms with Crippen molar-refractivity contribution in [1.82, 2.24) is 4.90 Å². The number of hydrogen-bond acceptors (Lipinski definition) is 2. The number of amides is 1. The van der Waals surface area contributed by atoms with Crippen molar-refractivity contribution in [3.63, 3.8) is 0 Å². The zero-order chi connectivity index (χ0) is 12.8. The van der Waals surface area contributed by atoms with E-state index in [-0.39, 0.29) is 12.3 Å². The molecule has 1 aromatic rings. The zero-order valence-electron chi connectivity index (χ0n) is 10.1. The molecule has 0 fully saturated rings. The number of rotatable bonds is 5. The summed E-state index contributed by atoms with van der Waals surface area (Å²) in [6.45, 7) is 5.21. The van der Waals surface area contributed by atoms with Gasteiger partial charge in [-0.05, 0) is 31.5 Å². The maximum Gasteiger partial charge on any atom is 0.307 e. The monoisotopic (exact) mass is 235 g/mol. The van der Waals surface area contributed by atoms with Crippen LogP contribution in [-0.4, -0.2) is 35.0 Å². The molecule has 1 aromatic carbocycles. The molecule has 1 rings (SSSR count). The van der Waals surface area contributed by atoms with Crippen LogP contribution in [0.25, 0.3) is 0 Å². The summed E-state index contributed by atoms with van der Waals surface area (Å²) in [6, 6.07) is 6.73. The molecule has 0 saturated carbocycles. The number of carbonyl (C=O) groups is 2. The number of aliphatic carboxylic acids is 1. The molecule has 4 nitrogen and oxygen atoms in total. The molecule has 92 valence electrons. The Bertz CT molecular complexity index is 394. The van der Waals surface area contributed by atoms with Gasteiger partial charge >= 0.3 is 5.97 Å². The van der Waals surface area contributed by atoms with E-state index in [1.165, 1.54) is 0 Å². The fraction of sp³-hybridized carbons (Fsp3) is 0.385. The normalized spacial score (nSPS) is 10.0. The molecule has 0 heterocycles. The van der Waals surface area contributed by atoms with Gasteiger partial charge in [0.2, 0.25) is 0 Å². The highest BCUT2D eigenvalue weighted by atomic mass is 16.4. The van der Waals surface area contributed by atoms with Crippen LogP contribution in [0.1, 0.15) is 29.8 Å². The quantitative estimate of drug-likeness (QED) is 0.846. The smallest absolute Gasteiger partial charge is 0.307 e. The van der Waals surface area contributed by atoms with Gasteiger partial charge in [0.15, 0.2) is 0 Å². The topological polar surface area (TPSA) is 57.6 Å². The summed E-state index contributed by atoms with van der Waals surface area (Å²) in [4.78, 5) is 24.2. The Kier molecular flexibility index (Phi) is 4.69. The molecule has 0 bridgehead atoms. The molecule has 0 spiro atoms. The predicted molar refractivity (Wildman–Crippen MR) is 65.0 cm³/mol. The molecule has 17 heavy (non-hydrogen) atoms. The van der Waals surface area contributed by atoms with E-state index in [4.69, 9.17) is 5.11 Å². The minimum atomic E-state index is -0.868. The summed E-state index contributed by atoms with van der Waals surface area (Å²) in [5, 5.41) is 8.63. The number of carbonyl (C=O) groups excluding carboxylic acids is 1. The van der Waals surface area contributed by atoms with Gasteiger partial charge in [0.05, 0.1) is 6.42 Å². The summed E-state index contributed by atoms with van der Waals surface area (Å²) in [6.07, 6.45) is -0.0141. The molecule has 0 aliphatic carbocycles. The molecule has 0 radical (unpaired) electrons. The Morgan fingerprint density at radius 3 is 2.06 bits per heavy atom. The van der Waals surface area contributed by atoms with Gasteiger partial charge in [-0.2, -0.15) is 0 Å². The third kappa shape index (κ3) is 3.59. The number of nitrogens with zero attached hydrogens (tertiary/aromatic N) is 1. The first-order valence-corrected chi connectivity index (χ1v) is 5.68. The van der Waals surface area contributed by atoms with Crippen molar-refractivity contribution in [3.05, 3.63) is 35.4 Å². The van der Waals surface area contributed by atoms with Gasteiger partial charge in [0.1, 0.15) is 0 Å². The largest absolute Gasteiger partial charge is 0.481 e. The number of hydrogen-bond donors (Lipinski definition) is 1. The zero-order valence-corrected chi connectivity index (χ0v) is 10.1. The average molecular weight is 235 g/mol. The van der Waals surface area contributed by atoms with E-state index in [9.17, 15) is 9.59 Å². The number of carboxylic acid groups (broad SMARTS) is 1. The first-order valence-electron chi connectivity index (χ1n) is 5.68. The lowest BCUT2D eigenvalue weighted by atomic mass is 10.1. The Morgan fingerprint density at radius 2 is 1.65 bits per heavy atom. The van der Waals surface area contributed by atoms with Crippen LogP contribution in [0.15, 0.2) is 24.3 Å². The molecule has 0 aliphatic rings. The highest BCUT2D eigenvalue weighted by Crippen LogP contribution is 2.08. The molecule has 4 heteroatoms. The number of benzene rings is 1. The van der Waals surface area contributed by atoms with Gasteiger partial charge in [-0.3, -0.25) is 9.59 Å². The lowest BCUT2D eigenvalue weighted by Gasteiger charge is -2.18. The Balaban J connectivity index is 2.80. The molecular weight excluding hydrogens is 218 g/mol. The molecule has 1 N–H and O–H groups in total. The van der Waals surface area contributed by atoms with Gasteiger partial charge in [-0.15, -0.1) is 0 Å². The Hall–Kier alpha value is -1.84. The van der Waals surface area contributed by atoms with Crippen molar-refractivity contribution >= 4 is 11.9 Å². The second-order valence-corrected chi connectivity index (χ2v) is 3.74. The summed E-state index contributed by atoms with van der Waals surface area (Å²) >= 11 is 0. The maximum absolute atomic E-state index is 12.0. The van der Waals surface area contributed by atoms with E-state index >= 15 is 0 Å². The van der Waals surface area contributed by atoms with Crippen LogP contribution in [0.3, 0.4) is 0 Å². The van der Waals surface area contributed by atoms with Crippen molar-refractivity contribution < 1.29 is 14.7 Å². The Labute approximate surface area is 101 Å². The van der Waals surface area contributed by atoms with E-state index in [1.807, 2.05) is 13.8 Å². The van der Waals surface area contributed by atoms with E-state index in [1.54, 1.807) is 29.2 Å². The summed E-state index contributed by atoms with van der Waals surface area (Å²) in [7, 11) is 0. The van der Waals surface area contributed by atoms with Crippen LogP contribution in [-0.2, 0) is 11.2 Å². The number of carboxylic acids is 1. The fourth-order valence-corrected chi connectivity index (χ4v) is 1.63. The lowest BCUT2D eigenvalue weighted by Crippen LogP contribution is -2.30. The average Bonchev–Trinajstić information content (AvgIpc) is 2.30. The predicted octanol–water partition coefficient (Wildman–Crippen LogP) is 1.80. The van der Waals surface area contributed by atoms with E-state index < -0.39 is 5.97 Å². The minimum absolute atomic E-state index is 0.0141. The van der Waals surface area contributed by atoms with Crippen molar-refractivity contribution in [2.45, 2.75) is 20.3 Å². The van der Waals surface area contributed by atoms with Crippen molar-refractivity contribution in [1.29, 1.82) is 0 Å². The molecule has 1 amide bonds. The van der Waals surface area contributed by atoms with E-state index in [2.05, 4.69) is 0 Å². The SMILES string of the molecule is CCN(CC)C(=O)c1ccc(CC(=O)O)cc1. The van der Waals surface area contributed by atoms with Crippen LogP contribution in [0.5, 0.6) is 0 Å². The minimum Gasteiger partial charge on any atom is -0.481 e. The van der Waals surface area contributed by atoms with Gasteiger partial charge in [-0.1, -0.05) is 12.1 Å². The second kappa shape index (κ2) is 6.03. The van der Waals surface area contributed by atoms with Gasteiger partial charge in [0.25, 0.3) is 5.91 Å². The highest BCUT2D eigenvalue weighted by molar-refractivity contribution is 5.94. The van der Waals surface area contributed by atoms with Crippen LogP contribution < -0.4 is 0 Å². The van der Waals surface area contributed by atoms with E-state index in [0.29, 0.717) is 24.2 Å². The molecule has 0 atom stereocenters. The van der Waals surface area contributed by atoms with E-state index in [0.717, 1.165) is 0 Å². The molecule has 0 aromatic heterocycles. The molecule has 0 unspecified atom stereocenters. The van der Waals surface area contributed by atoms with Crippen LogP contribution in [0.2, 0.25) is 0 Å². The van der Waals surface area contributed by atoms with Crippen LogP contribution in [0, 0.1) is 0 Å². The van der Waals surface area contributed by atoms with Crippen molar-refractivity contribution in [3.8, 4) is 0 Å². The highest BCUT2D eigenvalue weighted by Gasteiger charge is 2.12. The maximum atomic E-state index is 12.0.